The monoisotopic (exact) mass is 243 g/mol. The smallest absolute Gasteiger partial charge is 0.0931 e. The second kappa shape index (κ2) is 5.33. The fraction of sp³-hybridized carbons (Fsp3) is 0.667. The summed E-state index contributed by atoms with van der Waals surface area (Å²) in [6.07, 6.45) is 7.77. The molecule has 0 radical (unpaired) electrons. The molecule has 1 unspecified atom stereocenters. The van der Waals surface area contributed by atoms with Crippen LogP contribution in [0.4, 0.5) is 0 Å². The van der Waals surface area contributed by atoms with Crippen molar-refractivity contribution < 1.29 is 0 Å². The maximum atomic E-state index is 6.16. The van der Waals surface area contributed by atoms with E-state index in [-0.39, 0.29) is 0 Å². The van der Waals surface area contributed by atoms with Crippen LogP contribution in [-0.2, 0) is 6.42 Å². The topological polar surface area (TPSA) is 26.0 Å². The van der Waals surface area contributed by atoms with Crippen molar-refractivity contribution in [2.45, 2.75) is 44.6 Å². The number of rotatable bonds is 4. The van der Waals surface area contributed by atoms with Gasteiger partial charge in [-0.05, 0) is 30.9 Å². The van der Waals surface area contributed by atoms with Crippen LogP contribution in [-0.4, -0.2) is 6.04 Å². The van der Waals surface area contributed by atoms with Gasteiger partial charge in [0.05, 0.1) is 4.34 Å². The summed E-state index contributed by atoms with van der Waals surface area (Å²) >= 11 is 7.55. The Labute approximate surface area is 101 Å². The van der Waals surface area contributed by atoms with Crippen LogP contribution in [0.25, 0.3) is 0 Å². The van der Waals surface area contributed by atoms with Crippen LogP contribution in [0.2, 0.25) is 4.34 Å². The molecule has 1 atom stereocenters. The van der Waals surface area contributed by atoms with Gasteiger partial charge in [0.25, 0.3) is 0 Å². The van der Waals surface area contributed by atoms with Crippen molar-refractivity contribution in [3.8, 4) is 0 Å². The highest BCUT2D eigenvalue weighted by Crippen LogP contribution is 2.29. The zero-order valence-corrected chi connectivity index (χ0v) is 10.5. The van der Waals surface area contributed by atoms with Crippen molar-refractivity contribution in [2.75, 3.05) is 0 Å². The van der Waals surface area contributed by atoms with Crippen LogP contribution in [0.1, 0.15) is 37.0 Å². The molecule has 0 saturated heterocycles. The summed E-state index contributed by atoms with van der Waals surface area (Å²) < 4.78 is 0.873. The zero-order chi connectivity index (χ0) is 10.7. The first kappa shape index (κ1) is 11.4. The SMILES string of the molecule is NC(Cc1ccc(Cl)s1)CC1CCCC1. The molecule has 1 fully saturated rings. The van der Waals surface area contributed by atoms with E-state index in [1.165, 1.54) is 37.0 Å². The van der Waals surface area contributed by atoms with E-state index in [4.69, 9.17) is 17.3 Å². The van der Waals surface area contributed by atoms with E-state index in [0.717, 1.165) is 16.7 Å². The minimum atomic E-state index is 0.322. The number of hydrogen-bond donors (Lipinski definition) is 1. The summed E-state index contributed by atoms with van der Waals surface area (Å²) in [5, 5.41) is 0. The van der Waals surface area contributed by atoms with Crippen molar-refractivity contribution in [2.24, 2.45) is 11.7 Å². The lowest BCUT2D eigenvalue weighted by Crippen LogP contribution is -2.24. The Morgan fingerprint density at radius 1 is 1.40 bits per heavy atom. The Bertz CT molecular complexity index is 304. The molecule has 1 aromatic heterocycles. The van der Waals surface area contributed by atoms with Crippen LogP contribution >= 0.6 is 22.9 Å². The third kappa shape index (κ3) is 3.47. The van der Waals surface area contributed by atoms with Crippen LogP contribution in [0, 0.1) is 5.92 Å². The maximum absolute atomic E-state index is 6.16. The quantitative estimate of drug-likeness (QED) is 0.854. The molecular formula is C12H18ClNS. The van der Waals surface area contributed by atoms with Gasteiger partial charge in [-0.3, -0.25) is 0 Å². The van der Waals surface area contributed by atoms with Gasteiger partial charge < -0.3 is 5.73 Å². The fourth-order valence-electron chi connectivity index (χ4n) is 2.48. The lowest BCUT2D eigenvalue weighted by molar-refractivity contribution is 0.442. The average Bonchev–Trinajstić information content (AvgIpc) is 2.77. The van der Waals surface area contributed by atoms with Crippen LogP contribution in [0.5, 0.6) is 0 Å². The molecule has 1 saturated carbocycles. The van der Waals surface area contributed by atoms with E-state index in [2.05, 4.69) is 6.07 Å². The Hall–Kier alpha value is -0.0500. The first-order valence-electron chi connectivity index (χ1n) is 5.74. The summed E-state index contributed by atoms with van der Waals surface area (Å²) in [5.74, 6) is 0.885. The molecule has 3 heteroatoms. The fourth-order valence-corrected chi connectivity index (χ4v) is 3.66. The molecule has 2 N–H and O–H groups in total. The van der Waals surface area contributed by atoms with Gasteiger partial charge in [-0.1, -0.05) is 37.3 Å². The van der Waals surface area contributed by atoms with Gasteiger partial charge >= 0.3 is 0 Å². The minimum absolute atomic E-state index is 0.322. The molecule has 1 nitrogen and oxygen atoms in total. The van der Waals surface area contributed by atoms with E-state index in [1.807, 2.05) is 6.07 Å². The van der Waals surface area contributed by atoms with E-state index in [1.54, 1.807) is 11.3 Å². The first-order valence-corrected chi connectivity index (χ1v) is 6.93. The molecule has 0 aliphatic heterocycles. The molecule has 0 aromatic carbocycles. The molecule has 1 heterocycles. The maximum Gasteiger partial charge on any atom is 0.0931 e. The van der Waals surface area contributed by atoms with Crippen molar-refractivity contribution in [1.29, 1.82) is 0 Å². The Kier molecular flexibility index (Phi) is 4.06. The molecule has 84 valence electrons. The second-order valence-electron chi connectivity index (χ2n) is 4.56. The molecule has 1 aliphatic rings. The van der Waals surface area contributed by atoms with E-state index in [9.17, 15) is 0 Å². The highest BCUT2D eigenvalue weighted by molar-refractivity contribution is 7.16. The normalized spacial score (nSPS) is 19.6. The predicted octanol–water partition coefficient (Wildman–Crippen LogP) is 3.85. The van der Waals surface area contributed by atoms with E-state index < -0.39 is 0 Å². The van der Waals surface area contributed by atoms with Gasteiger partial charge in [0.15, 0.2) is 0 Å². The van der Waals surface area contributed by atoms with Gasteiger partial charge in [0, 0.05) is 10.9 Å². The summed E-state index contributed by atoms with van der Waals surface area (Å²) in [5.41, 5.74) is 6.16. The van der Waals surface area contributed by atoms with Gasteiger partial charge in [0.2, 0.25) is 0 Å². The summed E-state index contributed by atoms with van der Waals surface area (Å²) in [4.78, 5) is 1.32. The second-order valence-corrected chi connectivity index (χ2v) is 6.36. The molecule has 1 aliphatic carbocycles. The third-order valence-corrected chi connectivity index (χ3v) is 4.46. The predicted molar refractivity (Wildman–Crippen MR) is 67.6 cm³/mol. The van der Waals surface area contributed by atoms with Gasteiger partial charge in [-0.25, -0.2) is 0 Å². The average molecular weight is 244 g/mol. The molecule has 1 aromatic rings. The van der Waals surface area contributed by atoms with Crippen LogP contribution < -0.4 is 5.73 Å². The Balaban J connectivity index is 1.78. The number of hydrogen-bond acceptors (Lipinski definition) is 2. The van der Waals surface area contributed by atoms with Crippen molar-refractivity contribution in [1.82, 2.24) is 0 Å². The lowest BCUT2D eigenvalue weighted by Gasteiger charge is -2.15. The molecule has 0 spiro atoms. The van der Waals surface area contributed by atoms with Gasteiger partial charge in [-0.2, -0.15) is 0 Å². The number of halogens is 1. The van der Waals surface area contributed by atoms with Crippen LogP contribution in [0.3, 0.4) is 0 Å². The van der Waals surface area contributed by atoms with Crippen molar-refractivity contribution >= 4 is 22.9 Å². The Morgan fingerprint density at radius 3 is 2.73 bits per heavy atom. The molecule has 15 heavy (non-hydrogen) atoms. The highest BCUT2D eigenvalue weighted by Gasteiger charge is 2.18. The molecule has 0 amide bonds. The summed E-state index contributed by atoms with van der Waals surface area (Å²) in [6, 6.07) is 4.38. The standard InChI is InChI=1S/C12H18ClNS/c13-12-6-5-11(15-12)8-10(14)7-9-3-1-2-4-9/h5-6,9-10H,1-4,7-8,14H2. The highest BCUT2D eigenvalue weighted by atomic mass is 35.5. The van der Waals surface area contributed by atoms with Crippen molar-refractivity contribution in [3.05, 3.63) is 21.3 Å². The summed E-state index contributed by atoms with van der Waals surface area (Å²) in [7, 11) is 0. The van der Waals surface area contributed by atoms with Crippen LogP contribution in [0.15, 0.2) is 12.1 Å². The van der Waals surface area contributed by atoms with E-state index >= 15 is 0 Å². The zero-order valence-electron chi connectivity index (χ0n) is 8.92. The number of thiophene rings is 1. The minimum Gasteiger partial charge on any atom is -0.327 e. The van der Waals surface area contributed by atoms with E-state index in [0.29, 0.717) is 6.04 Å². The largest absolute Gasteiger partial charge is 0.327 e. The first-order chi connectivity index (χ1) is 7.24. The van der Waals surface area contributed by atoms with Crippen molar-refractivity contribution in [3.63, 3.8) is 0 Å². The number of nitrogens with two attached hydrogens (primary N) is 1. The van der Waals surface area contributed by atoms with Gasteiger partial charge in [-0.15, -0.1) is 11.3 Å². The lowest BCUT2D eigenvalue weighted by atomic mass is 9.97. The molecular weight excluding hydrogens is 226 g/mol. The third-order valence-electron chi connectivity index (χ3n) is 3.20. The Morgan fingerprint density at radius 2 is 2.13 bits per heavy atom. The van der Waals surface area contributed by atoms with Gasteiger partial charge in [0.1, 0.15) is 0 Å². The summed E-state index contributed by atoms with van der Waals surface area (Å²) in [6.45, 7) is 0. The molecule has 0 bridgehead atoms. The molecule has 2 rings (SSSR count).